The fourth-order valence-corrected chi connectivity index (χ4v) is 7.11. The van der Waals surface area contributed by atoms with Crippen molar-refractivity contribution in [2.24, 2.45) is 0 Å². The van der Waals surface area contributed by atoms with Gasteiger partial charge in [0.2, 0.25) is 5.91 Å². The third kappa shape index (κ3) is 40.1. The zero-order valence-electron chi connectivity index (χ0n) is 37.5. The second-order valence-electron chi connectivity index (χ2n) is 16.3. The van der Waals surface area contributed by atoms with Gasteiger partial charge in [0.1, 0.15) is 6.10 Å². The van der Waals surface area contributed by atoms with Crippen molar-refractivity contribution in [3.8, 4) is 0 Å². The van der Waals surface area contributed by atoms with E-state index >= 15 is 0 Å². The molecular formula is C51H91NO5. The SMILES string of the molecule is CC/C=C/C=C/C=C\C=C/C=C/CCCC(=O)OC(CCCCCCCCCCCCCCCCCC)CC(=O)NC(CO)C(O)CCCCCCCCCCC. The molecule has 0 aliphatic heterocycles. The Labute approximate surface area is 352 Å². The molecule has 3 unspecified atom stereocenters. The van der Waals surface area contributed by atoms with Crippen molar-refractivity contribution in [2.45, 2.75) is 244 Å². The van der Waals surface area contributed by atoms with Gasteiger partial charge in [0.05, 0.1) is 25.2 Å². The van der Waals surface area contributed by atoms with Crippen LogP contribution in [0.25, 0.3) is 0 Å². The van der Waals surface area contributed by atoms with E-state index in [2.05, 4.69) is 32.2 Å². The molecule has 0 rings (SSSR count). The van der Waals surface area contributed by atoms with Crippen molar-refractivity contribution < 1.29 is 24.5 Å². The third-order valence-electron chi connectivity index (χ3n) is 10.7. The van der Waals surface area contributed by atoms with Crippen LogP contribution in [-0.2, 0) is 14.3 Å². The van der Waals surface area contributed by atoms with Crippen LogP contribution in [0.2, 0.25) is 0 Å². The second-order valence-corrected chi connectivity index (χ2v) is 16.3. The molecule has 3 atom stereocenters. The van der Waals surface area contributed by atoms with E-state index in [-0.39, 0.29) is 24.9 Å². The number of aliphatic hydroxyl groups is 2. The predicted octanol–water partition coefficient (Wildman–Crippen LogP) is 14.1. The molecule has 6 nitrogen and oxygen atoms in total. The molecule has 3 N–H and O–H groups in total. The minimum Gasteiger partial charge on any atom is -0.462 e. The molecule has 0 spiro atoms. The molecule has 0 aromatic rings. The molecule has 0 heterocycles. The average molecular weight is 798 g/mol. The van der Waals surface area contributed by atoms with Gasteiger partial charge in [-0.2, -0.15) is 0 Å². The summed E-state index contributed by atoms with van der Waals surface area (Å²) in [7, 11) is 0. The predicted molar refractivity (Wildman–Crippen MR) is 245 cm³/mol. The first-order chi connectivity index (χ1) is 28.0. The Bertz CT molecular complexity index is 1030. The molecule has 0 radical (unpaired) electrons. The number of hydrogen-bond donors (Lipinski definition) is 3. The van der Waals surface area contributed by atoms with Crippen LogP contribution in [0.4, 0.5) is 0 Å². The molecule has 0 fully saturated rings. The van der Waals surface area contributed by atoms with Gasteiger partial charge in [0.15, 0.2) is 0 Å². The number of aliphatic hydroxyl groups excluding tert-OH is 2. The van der Waals surface area contributed by atoms with E-state index in [4.69, 9.17) is 4.74 Å². The van der Waals surface area contributed by atoms with Crippen molar-refractivity contribution >= 4 is 11.9 Å². The Balaban J connectivity index is 4.68. The number of esters is 1. The number of ether oxygens (including phenoxy) is 1. The fourth-order valence-electron chi connectivity index (χ4n) is 7.11. The van der Waals surface area contributed by atoms with Crippen LogP contribution in [-0.4, -0.2) is 46.9 Å². The zero-order chi connectivity index (χ0) is 41.7. The Kier molecular flexibility index (Phi) is 42.7. The monoisotopic (exact) mass is 798 g/mol. The quantitative estimate of drug-likeness (QED) is 0.0325. The van der Waals surface area contributed by atoms with Crippen LogP contribution in [0.3, 0.4) is 0 Å². The zero-order valence-corrected chi connectivity index (χ0v) is 37.5. The van der Waals surface area contributed by atoms with Gasteiger partial charge in [-0.25, -0.2) is 0 Å². The van der Waals surface area contributed by atoms with Gasteiger partial charge in [0.25, 0.3) is 0 Å². The van der Waals surface area contributed by atoms with E-state index in [9.17, 15) is 19.8 Å². The third-order valence-corrected chi connectivity index (χ3v) is 10.7. The smallest absolute Gasteiger partial charge is 0.306 e. The summed E-state index contributed by atoms with van der Waals surface area (Å²) in [6.45, 7) is 6.30. The first-order valence-corrected chi connectivity index (χ1v) is 24.1. The van der Waals surface area contributed by atoms with E-state index in [0.29, 0.717) is 25.7 Å². The summed E-state index contributed by atoms with van der Waals surface area (Å²) in [5.74, 6) is -0.560. The topological polar surface area (TPSA) is 95.9 Å². The molecule has 0 aromatic carbocycles. The van der Waals surface area contributed by atoms with E-state index < -0.39 is 18.2 Å². The van der Waals surface area contributed by atoms with E-state index in [1.807, 2.05) is 54.7 Å². The Morgan fingerprint density at radius 3 is 1.37 bits per heavy atom. The Hall–Kier alpha value is -2.44. The number of amides is 1. The largest absolute Gasteiger partial charge is 0.462 e. The second kappa shape index (κ2) is 44.7. The maximum atomic E-state index is 13.1. The van der Waals surface area contributed by atoms with Crippen LogP contribution in [0.15, 0.2) is 60.8 Å². The van der Waals surface area contributed by atoms with Gasteiger partial charge in [-0.05, 0) is 38.5 Å². The highest BCUT2D eigenvalue weighted by atomic mass is 16.5. The molecule has 0 saturated heterocycles. The van der Waals surface area contributed by atoms with Crippen LogP contribution < -0.4 is 5.32 Å². The molecule has 6 heteroatoms. The Morgan fingerprint density at radius 1 is 0.526 bits per heavy atom. The van der Waals surface area contributed by atoms with Gasteiger partial charge in [-0.1, -0.05) is 236 Å². The summed E-state index contributed by atoms with van der Waals surface area (Å²) in [5.41, 5.74) is 0. The summed E-state index contributed by atoms with van der Waals surface area (Å²) < 4.78 is 5.88. The van der Waals surface area contributed by atoms with Gasteiger partial charge >= 0.3 is 5.97 Å². The van der Waals surface area contributed by atoms with Gasteiger partial charge < -0.3 is 20.3 Å². The number of rotatable bonds is 42. The molecule has 0 saturated carbocycles. The molecule has 1 amide bonds. The lowest BCUT2D eigenvalue weighted by molar-refractivity contribution is -0.151. The summed E-state index contributed by atoms with van der Waals surface area (Å²) >= 11 is 0. The molecular weight excluding hydrogens is 707 g/mol. The molecule has 0 aliphatic carbocycles. The number of unbranched alkanes of at least 4 members (excludes halogenated alkanes) is 24. The van der Waals surface area contributed by atoms with Gasteiger partial charge in [0, 0.05) is 6.42 Å². The Morgan fingerprint density at radius 2 is 0.930 bits per heavy atom. The number of allylic oxidation sites excluding steroid dienone is 10. The van der Waals surface area contributed by atoms with E-state index in [1.165, 1.54) is 122 Å². The van der Waals surface area contributed by atoms with Crippen molar-refractivity contribution in [1.82, 2.24) is 5.32 Å². The number of nitrogens with one attached hydrogen (secondary N) is 1. The maximum Gasteiger partial charge on any atom is 0.306 e. The standard InChI is InChI=1S/C51H91NO5/c1-4-7-10-13-16-19-21-23-24-25-27-28-31-33-36-39-42-47(57-51(56)44-41-38-35-32-29-26-22-20-17-14-11-8-5-2)45-50(55)52-48(46-53)49(54)43-40-37-34-30-18-15-12-9-6-3/h8,11,14,17,20,22,26,29,32,35,47-49,53-54H,4-7,9-10,12-13,15-16,18-19,21,23-25,27-28,30-31,33-34,36-46H2,1-3H3,(H,52,55)/b11-8+,17-14+,22-20-,29-26-,35-32+. The van der Waals surface area contributed by atoms with Crippen LogP contribution in [0.1, 0.15) is 226 Å². The van der Waals surface area contributed by atoms with Crippen molar-refractivity contribution in [2.75, 3.05) is 6.61 Å². The first kappa shape index (κ1) is 54.6. The minimum atomic E-state index is -0.798. The number of hydrogen-bond acceptors (Lipinski definition) is 5. The normalized spacial score (nSPS) is 13.8. The van der Waals surface area contributed by atoms with Crippen LogP contribution in [0.5, 0.6) is 0 Å². The van der Waals surface area contributed by atoms with E-state index in [1.54, 1.807) is 0 Å². The highest BCUT2D eigenvalue weighted by molar-refractivity contribution is 5.77. The molecule has 57 heavy (non-hydrogen) atoms. The van der Waals surface area contributed by atoms with Crippen LogP contribution in [0, 0.1) is 0 Å². The summed E-state index contributed by atoms with van der Waals surface area (Å²) in [5, 5.41) is 23.6. The number of carbonyl (C=O) groups excluding carboxylic acids is 2. The lowest BCUT2D eigenvalue weighted by Gasteiger charge is -2.24. The summed E-state index contributed by atoms with van der Waals surface area (Å²) in [6.07, 6.45) is 54.3. The molecule has 330 valence electrons. The van der Waals surface area contributed by atoms with E-state index in [0.717, 1.165) is 51.4 Å². The van der Waals surface area contributed by atoms with Crippen LogP contribution >= 0.6 is 0 Å². The van der Waals surface area contributed by atoms with Gasteiger partial charge in [-0.3, -0.25) is 9.59 Å². The highest BCUT2D eigenvalue weighted by Gasteiger charge is 2.24. The van der Waals surface area contributed by atoms with Crippen molar-refractivity contribution in [3.05, 3.63) is 60.8 Å². The molecule has 0 aliphatic rings. The van der Waals surface area contributed by atoms with Gasteiger partial charge in [-0.15, -0.1) is 0 Å². The first-order valence-electron chi connectivity index (χ1n) is 24.1. The summed E-state index contributed by atoms with van der Waals surface area (Å²) in [6, 6.07) is -0.714. The van der Waals surface area contributed by atoms with Crippen molar-refractivity contribution in [3.63, 3.8) is 0 Å². The lowest BCUT2D eigenvalue weighted by atomic mass is 10.0. The van der Waals surface area contributed by atoms with Crippen molar-refractivity contribution in [1.29, 1.82) is 0 Å². The lowest BCUT2D eigenvalue weighted by Crippen LogP contribution is -2.46. The number of carbonyl (C=O) groups is 2. The fraction of sp³-hybridized carbons (Fsp3) is 0.765. The maximum absolute atomic E-state index is 13.1. The highest BCUT2D eigenvalue weighted by Crippen LogP contribution is 2.18. The average Bonchev–Trinajstić information content (AvgIpc) is 3.20. The summed E-state index contributed by atoms with van der Waals surface area (Å²) in [4.78, 5) is 26.0. The molecule has 0 bridgehead atoms. The minimum absolute atomic E-state index is 0.0496. The molecule has 0 aromatic heterocycles.